The Kier molecular flexibility index (Phi) is 3.25. The van der Waals surface area contributed by atoms with Gasteiger partial charge >= 0.3 is 11.4 Å². The van der Waals surface area contributed by atoms with E-state index in [1.807, 2.05) is 4.98 Å². The molecular weight excluding hydrogens is 256 g/mol. The maximum atomic E-state index is 11.7. The number of nitrogens with two attached hydrogens (primary N) is 1. The second-order valence-electron chi connectivity index (χ2n) is 4.12. The molecule has 1 unspecified atom stereocenters. The molecule has 2 rings (SSSR count). The number of aliphatic hydroxyl groups is 2. The van der Waals surface area contributed by atoms with Crippen molar-refractivity contribution in [2.75, 3.05) is 6.61 Å². The van der Waals surface area contributed by atoms with Gasteiger partial charge in [-0.1, -0.05) is 5.92 Å². The number of ether oxygens (including phenoxy) is 1. The Morgan fingerprint density at radius 1 is 1.68 bits per heavy atom. The summed E-state index contributed by atoms with van der Waals surface area (Å²) in [4.78, 5) is 27.8. The molecule has 102 valence electrons. The molecule has 1 aromatic rings. The molecule has 9 nitrogen and oxygen atoms in total. The molecule has 1 fully saturated rings. The smallest absolute Gasteiger partial charge is 0.350 e. The summed E-state index contributed by atoms with van der Waals surface area (Å²) in [6.07, 6.45) is 2.54. The molecule has 0 aromatic carbocycles. The van der Waals surface area contributed by atoms with Crippen LogP contribution in [0.15, 0.2) is 15.9 Å². The van der Waals surface area contributed by atoms with Gasteiger partial charge < -0.3 is 20.7 Å². The maximum Gasteiger partial charge on any atom is 0.350 e. The van der Waals surface area contributed by atoms with E-state index in [4.69, 9.17) is 22.0 Å². The first-order valence-electron chi connectivity index (χ1n) is 5.32. The van der Waals surface area contributed by atoms with Gasteiger partial charge in [-0.15, -0.1) is 6.42 Å². The molecule has 0 spiro atoms. The van der Waals surface area contributed by atoms with E-state index in [9.17, 15) is 14.7 Å². The predicted octanol–water partition coefficient (Wildman–Crippen LogP) is -3.49. The van der Waals surface area contributed by atoms with E-state index in [0.717, 1.165) is 10.9 Å². The summed E-state index contributed by atoms with van der Waals surface area (Å²) in [6, 6.07) is 0. The summed E-state index contributed by atoms with van der Waals surface area (Å²) in [5.74, 6) is 2.16. The van der Waals surface area contributed by atoms with E-state index in [1.165, 1.54) is 0 Å². The Morgan fingerprint density at radius 2 is 2.37 bits per heavy atom. The summed E-state index contributed by atoms with van der Waals surface area (Å²) in [5, 5.41) is 19.0. The van der Waals surface area contributed by atoms with Crippen molar-refractivity contribution in [3.63, 3.8) is 0 Å². The monoisotopic (exact) mass is 268 g/mol. The Hall–Kier alpha value is -1.99. The van der Waals surface area contributed by atoms with Crippen molar-refractivity contribution in [1.29, 1.82) is 0 Å². The lowest BCUT2D eigenvalue weighted by Gasteiger charge is -2.27. The number of terminal acetylenes is 1. The number of nitrogens with one attached hydrogen (secondary N) is 1. The van der Waals surface area contributed by atoms with Crippen molar-refractivity contribution < 1.29 is 14.9 Å². The molecule has 0 bridgehead atoms. The van der Waals surface area contributed by atoms with Crippen molar-refractivity contribution in [1.82, 2.24) is 14.5 Å². The molecule has 2 heterocycles. The van der Waals surface area contributed by atoms with Crippen molar-refractivity contribution in [2.24, 2.45) is 5.73 Å². The lowest BCUT2D eigenvalue weighted by molar-refractivity contribution is -0.0481. The summed E-state index contributed by atoms with van der Waals surface area (Å²) in [6.45, 7) is -0.524. The standard InChI is InChI=1S/C10H12N4O5/c1-2-10(11)6(16)5(3-15)19-7(10)14-4-12-8(17)13-9(14)18/h1,4-7,15-16H,3,11H2,(H,13,17,18)/t5-,6+,7-,10?/m1/s1. The van der Waals surface area contributed by atoms with E-state index in [0.29, 0.717) is 0 Å². The van der Waals surface area contributed by atoms with Gasteiger partial charge in [0.1, 0.15) is 18.5 Å². The topological polar surface area (TPSA) is 143 Å². The highest BCUT2D eigenvalue weighted by Crippen LogP contribution is 2.34. The number of aliphatic hydroxyl groups excluding tert-OH is 2. The van der Waals surface area contributed by atoms with Crippen LogP contribution in [0, 0.1) is 12.3 Å². The van der Waals surface area contributed by atoms with Crippen LogP contribution >= 0.6 is 0 Å². The average molecular weight is 268 g/mol. The van der Waals surface area contributed by atoms with Crippen LogP contribution in [0.25, 0.3) is 0 Å². The first kappa shape index (κ1) is 13.4. The van der Waals surface area contributed by atoms with Crippen molar-refractivity contribution in [3.8, 4) is 12.3 Å². The number of aromatic nitrogens is 3. The summed E-state index contributed by atoms with van der Waals surface area (Å²) in [5.41, 5.74) is 2.46. The molecule has 9 heteroatoms. The van der Waals surface area contributed by atoms with Gasteiger partial charge in [0.15, 0.2) is 11.8 Å². The number of hydrogen-bond donors (Lipinski definition) is 4. The molecular formula is C10H12N4O5. The fraction of sp³-hybridized carbons (Fsp3) is 0.500. The van der Waals surface area contributed by atoms with E-state index in [2.05, 4.69) is 10.9 Å². The molecule has 19 heavy (non-hydrogen) atoms. The molecule has 0 radical (unpaired) electrons. The lowest BCUT2D eigenvalue weighted by atomic mass is 9.92. The van der Waals surface area contributed by atoms with Crippen LogP contribution in [0.3, 0.4) is 0 Å². The minimum atomic E-state index is -1.73. The summed E-state index contributed by atoms with van der Waals surface area (Å²) >= 11 is 0. The highest BCUT2D eigenvalue weighted by molar-refractivity contribution is 5.22. The zero-order valence-corrected chi connectivity index (χ0v) is 9.68. The van der Waals surface area contributed by atoms with Crippen molar-refractivity contribution in [2.45, 2.75) is 24.0 Å². The Labute approximate surface area is 106 Å². The van der Waals surface area contributed by atoms with Gasteiger partial charge in [0, 0.05) is 0 Å². The van der Waals surface area contributed by atoms with Gasteiger partial charge in [-0.05, 0) is 0 Å². The first-order chi connectivity index (χ1) is 8.93. The minimum absolute atomic E-state index is 0.524. The number of H-pyrrole nitrogens is 1. The lowest BCUT2D eigenvalue weighted by Crippen LogP contribution is -2.55. The first-order valence-corrected chi connectivity index (χ1v) is 5.32. The van der Waals surface area contributed by atoms with Crippen LogP contribution in [-0.2, 0) is 4.74 Å². The second kappa shape index (κ2) is 4.60. The highest BCUT2D eigenvalue weighted by Gasteiger charge is 2.54. The summed E-state index contributed by atoms with van der Waals surface area (Å²) in [7, 11) is 0. The van der Waals surface area contributed by atoms with E-state index < -0.39 is 42.0 Å². The van der Waals surface area contributed by atoms with Crippen LogP contribution in [0.4, 0.5) is 0 Å². The van der Waals surface area contributed by atoms with Gasteiger partial charge in [-0.3, -0.25) is 9.55 Å². The maximum absolute atomic E-state index is 11.7. The van der Waals surface area contributed by atoms with E-state index >= 15 is 0 Å². The third kappa shape index (κ3) is 1.96. The SMILES string of the molecule is C#CC1(N)[C@@H](O)[C@@H](CO)O[C@H]1n1cnc(=O)[nH]c1=O. The fourth-order valence-corrected chi connectivity index (χ4v) is 1.92. The molecule has 1 saturated heterocycles. The number of rotatable bonds is 2. The molecule has 1 aliphatic rings. The van der Waals surface area contributed by atoms with E-state index in [1.54, 1.807) is 0 Å². The minimum Gasteiger partial charge on any atom is -0.394 e. The number of aromatic amines is 1. The largest absolute Gasteiger partial charge is 0.394 e. The Morgan fingerprint density at radius 3 is 2.89 bits per heavy atom. The van der Waals surface area contributed by atoms with E-state index in [-0.39, 0.29) is 0 Å². The van der Waals surface area contributed by atoms with Crippen LogP contribution in [0.2, 0.25) is 0 Å². The average Bonchev–Trinajstić information content (AvgIpc) is 2.63. The zero-order chi connectivity index (χ0) is 14.2. The normalized spacial score (nSPS) is 34.1. The molecule has 0 aliphatic carbocycles. The zero-order valence-electron chi connectivity index (χ0n) is 9.68. The molecule has 5 N–H and O–H groups in total. The molecule has 0 amide bonds. The second-order valence-corrected chi connectivity index (χ2v) is 4.12. The van der Waals surface area contributed by atoms with Gasteiger partial charge in [0.25, 0.3) is 0 Å². The molecule has 0 saturated carbocycles. The molecule has 1 aromatic heterocycles. The molecule has 4 atom stereocenters. The van der Waals surface area contributed by atoms with Gasteiger partial charge in [0.05, 0.1) is 6.61 Å². The third-order valence-corrected chi connectivity index (χ3v) is 2.98. The fourth-order valence-electron chi connectivity index (χ4n) is 1.92. The quantitative estimate of drug-likeness (QED) is 0.407. The van der Waals surface area contributed by atoms with Crippen LogP contribution in [0.1, 0.15) is 6.23 Å². The van der Waals surface area contributed by atoms with Crippen molar-refractivity contribution in [3.05, 3.63) is 27.3 Å². The number of hydrogen-bond acceptors (Lipinski definition) is 7. The highest BCUT2D eigenvalue weighted by atomic mass is 16.5. The number of nitrogens with zero attached hydrogens (tertiary/aromatic N) is 2. The van der Waals surface area contributed by atoms with Crippen LogP contribution in [0.5, 0.6) is 0 Å². The van der Waals surface area contributed by atoms with Gasteiger partial charge in [-0.2, -0.15) is 4.98 Å². The van der Waals surface area contributed by atoms with Gasteiger partial charge in [-0.25, -0.2) is 9.59 Å². The van der Waals surface area contributed by atoms with Crippen molar-refractivity contribution >= 4 is 0 Å². The van der Waals surface area contributed by atoms with Gasteiger partial charge in [0.2, 0.25) is 0 Å². The van der Waals surface area contributed by atoms with Crippen LogP contribution in [-0.4, -0.2) is 49.1 Å². The Bertz CT molecular complexity index is 632. The summed E-state index contributed by atoms with van der Waals surface area (Å²) < 4.78 is 6.13. The Balaban J connectivity index is 2.52. The third-order valence-electron chi connectivity index (χ3n) is 2.98. The molecule has 1 aliphatic heterocycles. The van der Waals surface area contributed by atoms with Crippen LogP contribution < -0.4 is 17.1 Å². The predicted molar refractivity (Wildman–Crippen MR) is 61.9 cm³/mol.